The molecule has 0 aliphatic carbocycles. The van der Waals surface area contributed by atoms with Crippen LogP contribution in [-0.4, -0.2) is 62.5 Å². The first kappa shape index (κ1) is 23.1. The highest BCUT2D eigenvalue weighted by Gasteiger charge is 2.38. The Kier molecular flexibility index (Phi) is 6.92. The van der Waals surface area contributed by atoms with Gasteiger partial charge in [-0.05, 0) is 12.8 Å². The number of alkyl halides is 1. The molecule has 13 heteroatoms. The van der Waals surface area contributed by atoms with Gasteiger partial charge in [-0.3, -0.25) is 9.36 Å². The van der Waals surface area contributed by atoms with E-state index in [1.807, 2.05) is 0 Å². The first-order valence-electron chi connectivity index (χ1n) is 9.66. The Labute approximate surface area is 182 Å². The van der Waals surface area contributed by atoms with Gasteiger partial charge in [0.25, 0.3) is 0 Å². The van der Waals surface area contributed by atoms with Gasteiger partial charge in [-0.15, -0.1) is 0 Å². The second-order valence-electron chi connectivity index (χ2n) is 7.56. The molecule has 1 aliphatic heterocycles. The Morgan fingerprint density at radius 2 is 2.06 bits per heavy atom. The van der Waals surface area contributed by atoms with Gasteiger partial charge < -0.3 is 25.7 Å². The lowest BCUT2D eigenvalue weighted by atomic mass is 10.1. The van der Waals surface area contributed by atoms with Crippen molar-refractivity contribution in [1.29, 1.82) is 0 Å². The molecule has 3 rings (SSSR count). The van der Waals surface area contributed by atoms with Crippen LogP contribution in [0.25, 0.3) is 11.2 Å². The van der Waals surface area contributed by atoms with Gasteiger partial charge in [-0.2, -0.15) is 9.97 Å². The number of hydrogen-bond acceptors (Lipinski definition) is 10. The average Bonchev–Trinajstić information content (AvgIpc) is 3.28. The number of nitrogens with two attached hydrogens (primary N) is 2. The van der Waals surface area contributed by atoms with E-state index in [1.54, 1.807) is 13.8 Å². The Bertz CT molecular complexity index is 972. The minimum Gasteiger partial charge on any atom is -0.460 e. The maximum atomic E-state index is 14.5. The zero-order valence-electron chi connectivity index (χ0n) is 17.2. The Balaban J connectivity index is 1.58. The standard InChI is InChI=1S/C18H24ClFN6O5/c1-7(2)12(21)17(28)30-8(3)16(27)29-5-10-9(20)4-11(31-10)26-6-23-13-14(19)24-18(22)25-15(13)26/h6-12H,4-5,21H2,1-3H3,(H2,22,24,25)/t8-,9-,10+,11+,12-/m0/s1. The van der Waals surface area contributed by atoms with Crippen molar-refractivity contribution in [2.75, 3.05) is 12.3 Å². The molecule has 0 amide bonds. The molecular weight excluding hydrogens is 435 g/mol. The molecule has 3 heterocycles. The lowest BCUT2D eigenvalue weighted by Crippen LogP contribution is -2.40. The second kappa shape index (κ2) is 9.28. The van der Waals surface area contributed by atoms with E-state index in [0.29, 0.717) is 11.2 Å². The fraction of sp³-hybridized carbons (Fsp3) is 0.611. The van der Waals surface area contributed by atoms with Crippen LogP contribution in [0.4, 0.5) is 10.3 Å². The molecule has 4 N–H and O–H groups in total. The highest BCUT2D eigenvalue weighted by molar-refractivity contribution is 6.33. The van der Waals surface area contributed by atoms with Crippen molar-refractivity contribution in [3.8, 4) is 0 Å². The van der Waals surface area contributed by atoms with Crippen molar-refractivity contribution in [3.05, 3.63) is 11.5 Å². The van der Waals surface area contributed by atoms with E-state index in [9.17, 15) is 14.0 Å². The van der Waals surface area contributed by atoms with Gasteiger partial charge in [0.05, 0.1) is 6.33 Å². The normalized spacial score (nSPS) is 23.1. The molecule has 11 nitrogen and oxygen atoms in total. The number of esters is 2. The van der Waals surface area contributed by atoms with Crippen LogP contribution in [0.2, 0.25) is 5.15 Å². The van der Waals surface area contributed by atoms with Gasteiger partial charge in [0, 0.05) is 6.42 Å². The molecule has 0 unspecified atom stereocenters. The summed E-state index contributed by atoms with van der Waals surface area (Å²) in [5, 5.41) is 0.0715. The minimum absolute atomic E-state index is 0.0248. The number of aromatic nitrogens is 4. The number of anilines is 1. The number of imidazole rings is 1. The Morgan fingerprint density at radius 1 is 1.35 bits per heavy atom. The number of nitrogens with zero attached hydrogens (tertiary/aromatic N) is 4. The Hall–Kier alpha value is -2.57. The molecule has 31 heavy (non-hydrogen) atoms. The number of fused-ring (bicyclic) bond motifs is 1. The van der Waals surface area contributed by atoms with Gasteiger partial charge in [-0.25, -0.2) is 14.2 Å². The zero-order chi connectivity index (χ0) is 22.9. The molecule has 0 radical (unpaired) electrons. The van der Waals surface area contributed by atoms with E-state index < -0.39 is 42.6 Å². The summed E-state index contributed by atoms with van der Waals surface area (Å²) in [6, 6.07) is -0.860. The van der Waals surface area contributed by atoms with E-state index in [-0.39, 0.29) is 30.0 Å². The van der Waals surface area contributed by atoms with E-state index >= 15 is 0 Å². The summed E-state index contributed by atoms with van der Waals surface area (Å²) in [7, 11) is 0. The SMILES string of the molecule is CC(C)[C@H](N)C(=O)O[C@@H](C)C(=O)OC[C@H]1O[C@@H](n2cnc3c(Cl)nc(N)nc32)C[C@@H]1F. The third-order valence-corrected chi connectivity index (χ3v) is 5.14. The number of hydrogen-bond donors (Lipinski definition) is 2. The minimum atomic E-state index is -1.42. The van der Waals surface area contributed by atoms with Crippen LogP contribution in [0.5, 0.6) is 0 Å². The first-order chi connectivity index (χ1) is 14.6. The van der Waals surface area contributed by atoms with Crippen LogP contribution >= 0.6 is 11.6 Å². The smallest absolute Gasteiger partial charge is 0.347 e. The molecule has 5 atom stereocenters. The topological polar surface area (TPSA) is 157 Å². The van der Waals surface area contributed by atoms with E-state index in [2.05, 4.69) is 15.0 Å². The van der Waals surface area contributed by atoms with Crippen LogP contribution in [0.3, 0.4) is 0 Å². The van der Waals surface area contributed by atoms with E-state index in [0.717, 1.165) is 0 Å². The van der Waals surface area contributed by atoms with Crippen molar-refractivity contribution in [1.82, 2.24) is 19.5 Å². The molecule has 2 aromatic rings. The van der Waals surface area contributed by atoms with Crippen molar-refractivity contribution in [3.63, 3.8) is 0 Å². The quantitative estimate of drug-likeness (QED) is 0.455. The molecule has 2 aromatic heterocycles. The van der Waals surface area contributed by atoms with E-state index in [4.69, 9.17) is 37.3 Å². The number of rotatable bonds is 7. The summed E-state index contributed by atoms with van der Waals surface area (Å²) in [6.45, 7) is 4.49. The predicted octanol–water partition coefficient (Wildman–Crippen LogP) is 1.15. The number of nitrogen functional groups attached to an aromatic ring is 1. The molecule has 0 saturated carbocycles. The van der Waals surface area contributed by atoms with Crippen molar-refractivity contribution < 1.29 is 28.2 Å². The molecule has 1 fully saturated rings. The zero-order valence-corrected chi connectivity index (χ0v) is 18.0. The summed E-state index contributed by atoms with van der Waals surface area (Å²) in [6.07, 6.45) is -3.02. The maximum Gasteiger partial charge on any atom is 0.347 e. The monoisotopic (exact) mass is 458 g/mol. The van der Waals surface area contributed by atoms with Crippen molar-refractivity contribution in [2.45, 2.75) is 57.8 Å². The number of carbonyl (C=O) groups excluding carboxylic acids is 2. The van der Waals surface area contributed by atoms with Gasteiger partial charge in [0.15, 0.2) is 16.9 Å². The third-order valence-electron chi connectivity index (χ3n) is 4.87. The molecular formula is C18H24ClFN6O5. The molecule has 0 spiro atoms. The van der Waals surface area contributed by atoms with Crippen molar-refractivity contribution in [2.24, 2.45) is 11.7 Å². The van der Waals surface area contributed by atoms with Gasteiger partial charge in [0.2, 0.25) is 5.95 Å². The molecule has 1 saturated heterocycles. The van der Waals surface area contributed by atoms with Crippen LogP contribution in [0.1, 0.15) is 33.4 Å². The number of carbonyl (C=O) groups is 2. The van der Waals surface area contributed by atoms with Gasteiger partial charge in [-0.1, -0.05) is 25.4 Å². The maximum absolute atomic E-state index is 14.5. The van der Waals surface area contributed by atoms with Crippen LogP contribution in [0, 0.1) is 5.92 Å². The summed E-state index contributed by atoms with van der Waals surface area (Å²) in [5.74, 6) is -1.75. The largest absolute Gasteiger partial charge is 0.460 e. The first-order valence-corrected chi connectivity index (χ1v) is 10.0. The number of ether oxygens (including phenoxy) is 3. The van der Waals surface area contributed by atoms with Gasteiger partial charge >= 0.3 is 11.9 Å². The summed E-state index contributed by atoms with van der Waals surface area (Å²) < 4.78 is 31.8. The summed E-state index contributed by atoms with van der Waals surface area (Å²) in [4.78, 5) is 36.0. The van der Waals surface area contributed by atoms with Gasteiger partial charge in [0.1, 0.15) is 36.7 Å². The molecule has 0 aromatic carbocycles. The lowest BCUT2D eigenvalue weighted by molar-refractivity contribution is -0.171. The molecule has 170 valence electrons. The predicted molar refractivity (Wildman–Crippen MR) is 107 cm³/mol. The molecule has 0 bridgehead atoms. The fourth-order valence-electron chi connectivity index (χ4n) is 2.97. The number of halogens is 2. The third kappa shape index (κ3) is 5.02. The summed E-state index contributed by atoms with van der Waals surface area (Å²) in [5.41, 5.74) is 11.9. The highest BCUT2D eigenvalue weighted by Crippen LogP contribution is 2.33. The fourth-order valence-corrected chi connectivity index (χ4v) is 3.19. The average molecular weight is 459 g/mol. The van der Waals surface area contributed by atoms with E-state index in [1.165, 1.54) is 17.8 Å². The highest BCUT2D eigenvalue weighted by atomic mass is 35.5. The second-order valence-corrected chi connectivity index (χ2v) is 7.91. The van der Waals surface area contributed by atoms with Crippen molar-refractivity contribution >= 4 is 40.7 Å². The van der Waals surface area contributed by atoms with Crippen LogP contribution in [-0.2, 0) is 23.8 Å². The van der Waals surface area contributed by atoms with Crippen LogP contribution in [0.15, 0.2) is 6.33 Å². The molecule has 1 aliphatic rings. The Morgan fingerprint density at radius 3 is 2.74 bits per heavy atom. The van der Waals surface area contributed by atoms with Crippen LogP contribution < -0.4 is 11.5 Å². The lowest BCUT2D eigenvalue weighted by Gasteiger charge is -2.19. The summed E-state index contributed by atoms with van der Waals surface area (Å²) >= 11 is 6.00.